The SMILES string of the molecule is CCN(C)C(=O)CNCc1cscn1. The van der Waals surface area contributed by atoms with Crippen LogP contribution in [0.25, 0.3) is 0 Å². The molecular weight excluding hydrogens is 198 g/mol. The summed E-state index contributed by atoms with van der Waals surface area (Å²) in [7, 11) is 1.80. The molecule has 1 heterocycles. The zero-order chi connectivity index (χ0) is 10.4. The van der Waals surface area contributed by atoms with E-state index in [0.29, 0.717) is 13.1 Å². The van der Waals surface area contributed by atoms with Gasteiger partial charge in [0.1, 0.15) is 0 Å². The molecule has 5 heteroatoms. The minimum absolute atomic E-state index is 0.114. The number of rotatable bonds is 5. The lowest BCUT2D eigenvalue weighted by atomic mass is 10.4. The van der Waals surface area contributed by atoms with Crippen molar-refractivity contribution in [2.45, 2.75) is 13.5 Å². The topological polar surface area (TPSA) is 45.2 Å². The van der Waals surface area contributed by atoms with E-state index >= 15 is 0 Å². The first-order valence-corrected chi connectivity index (χ1v) is 5.50. The molecule has 1 amide bonds. The maximum atomic E-state index is 11.3. The van der Waals surface area contributed by atoms with Gasteiger partial charge in [-0.15, -0.1) is 11.3 Å². The summed E-state index contributed by atoms with van der Waals surface area (Å²) < 4.78 is 0. The Morgan fingerprint density at radius 2 is 2.50 bits per heavy atom. The van der Waals surface area contributed by atoms with Crippen LogP contribution in [-0.2, 0) is 11.3 Å². The number of hydrogen-bond donors (Lipinski definition) is 1. The number of thiazole rings is 1. The van der Waals surface area contributed by atoms with Gasteiger partial charge in [0.2, 0.25) is 5.91 Å². The molecule has 0 saturated heterocycles. The minimum Gasteiger partial charge on any atom is -0.345 e. The van der Waals surface area contributed by atoms with E-state index in [9.17, 15) is 4.79 Å². The third-order valence-electron chi connectivity index (χ3n) is 1.97. The van der Waals surface area contributed by atoms with Crippen LogP contribution in [0.1, 0.15) is 12.6 Å². The molecule has 78 valence electrons. The van der Waals surface area contributed by atoms with Gasteiger partial charge in [-0.1, -0.05) is 0 Å². The van der Waals surface area contributed by atoms with Gasteiger partial charge in [-0.05, 0) is 6.92 Å². The van der Waals surface area contributed by atoms with Crippen LogP contribution in [0.4, 0.5) is 0 Å². The normalized spacial score (nSPS) is 10.1. The highest BCUT2D eigenvalue weighted by Gasteiger charge is 2.05. The molecule has 1 rings (SSSR count). The number of likely N-dealkylation sites (N-methyl/N-ethyl adjacent to an activating group) is 1. The second-order valence-corrected chi connectivity index (χ2v) is 3.71. The van der Waals surface area contributed by atoms with Crippen molar-refractivity contribution in [3.05, 3.63) is 16.6 Å². The lowest BCUT2D eigenvalue weighted by molar-refractivity contribution is -0.128. The predicted octanol–water partition coefficient (Wildman–Crippen LogP) is 0.711. The number of carbonyl (C=O) groups is 1. The Morgan fingerprint density at radius 3 is 3.07 bits per heavy atom. The summed E-state index contributed by atoms with van der Waals surface area (Å²) in [6.07, 6.45) is 0. The Kier molecular flexibility index (Phi) is 4.55. The summed E-state index contributed by atoms with van der Waals surface area (Å²) in [6.45, 7) is 3.74. The van der Waals surface area contributed by atoms with Crippen LogP contribution in [0.3, 0.4) is 0 Å². The fourth-order valence-corrected chi connectivity index (χ4v) is 1.49. The quantitative estimate of drug-likeness (QED) is 0.783. The number of hydrogen-bond acceptors (Lipinski definition) is 4. The first kappa shape index (κ1) is 11.1. The molecule has 0 aliphatic heterocycles. The molecule has 1 N–H and O–H groups in total. The fraction of sp³-hybridized carbons (Fsp3) is 0.556. The number of nitrogens with zero attached hydrogens (tertiary/aromatic N) is 2. The van der Waals surface area contributed by atoms with Gasteiger partial charge in [0.25, 0.3) is 0 Å². The second kappa shape index (κ2) is 5.72. The predicted molar refractivity (Wildman–Crippen MR) is 57.1 cm³/mol. The standard InChI is InChI=1S/C9H15N3OS/c1-3-12(2)9(13)5-10-4-8-6-14-7-11-8/h6-7,10H,3-5H2,1-2H3. The smallest absolute Gasteiger partial charge is 0.236 e. The van der Waals surface area contributed by atoms with Gasteiger partial charge in [0, 0.05) is 25.5 Å². The minimum atomic E-state index is 0.114. The van der Waals surface area contributed by atoms with Crippen LogP contribution in [0.5, 0.6) is 0 Å². The van der Waals surface area contributed by atoms with Crippen molar-refractivity contribution in [3.8, 4) is 0 Å². The number of aromatic nitrogens is 1. The van der Waals surface area contributed by atoms with Crippen molar-refractivity contribution < 1.29 is 4.79 Å². The number of carbonyl (C=O) groups excluding carboxylic acids is 1. The summed E-state index contributed by atoms with van der Waals surface area (Å²) in [6, 6.07) is 0. The number of amides is 1. The molecule has 0 aliphatic rings. The van der Waals surface area contributed by atoms with E-state index < -0.39 is 0 Å². The monoisotopic (exact) mass is 213 g/mol. The van der Waals surface area contributed by atoms with Crippen LogP contribution < -0.4 is 5.32 Å². The van der Waals surface area contributed by atoms with Gasteiger partial charge < -0.3 is 10.2 Å². The Labute approximate surface area is 88.0 Å². The molecule has 0 atom stereocenters. The summed E-state index contributed by atoms with van der Waals surface area (Å²) in [5.41, 5.74) is 2.78. The first-order chi connectivity index (χ1) is 6.74. The fourth-order valence-electron chi connectivity index (χ4n) is 0.934. The Balaban J connectivity index is 2.18. The van der Waals surface area contributed by atoms with E-state index in [0.717, 1.165) is 12.2 Å². The van der Waals surface area contributed by atoms with Gasteiger partial charge in [-0.3, -0.25) is 4.79 Å². The largest absolute Gasteiger partial charge is 0.345 e. The maximum absolute atomic E-state index is 11.3. The van der Waals surface area contributed by atoms with Gasteiger partial charge in [0.15, 0.2) is 0 Å². The van der Waals surface area contributed by atoms with Crippen molar-refractivity contribution in [1.82, 2.24) is 15.2 Å². The van der Waals surface area contributed by atoms with Crippen LogP contribution in [0, 0.1) is 0 Å². The molecule has 0 bridgehead atoms. The molecule has 0 radical (unpaired) electrons. The van der Waals surface area contributed by atoms with Crippen molar-refractivity contribution in [2.24, 2.45) is 0 Å². The highest BCUT2D eigenvalue weighted by molar-refractivity contribution is 7.07. The van der Waals surface area contributed by atoms with Gasteiger partial charge in [-0.25, -0.2) is 4.98 Å². The average Bonchev–Trinajstić information content (AvgIpc) is 2.69. The lowest BCUT2D eigenvalue weighted by Gasteiger charge is -2.14. The van der Waals surface area contributed by atoms with Gasteiger partial charge >= 0.3 is 0 Å². The first-order valence-electron chi connectivity index (χ1n) is 4.55. The highest BCUT2D eigenvalue weighted by atomic mass is 32.1. The molecule has 0 unspecified atom stereocenters. The third kappa shape index (κ3) is 3.43. The van der Waals surface area contributed by atoms with Crippen molar-refractivity contribution in [2.75, 3.05) is 20.1 Å². The molecule has 0 aliphatic carbocycles. The van der Waals surface area contributed by atoms with E-state index in [-0.39, 0.29) is 5.91 Å². The molecule has 1 aromatic rings. The maximum Gasteiger partial charge on any atom is 0.236 e. The van der Waals surface area contributed by atoms with Crippen molar-refractivity contribution >= 4 is 17.2 Å². The summed E-state index contributed by atoms with van der Waals surface area (Å²) in [5.74, 6) is 0.114. The van der Waals surface area contributed by atoms with E-state index in [1.165, 1.54) is 0 Å². The Hall–Kier alpha value is -0.940. The molecule has 4 nitrogen and oxygen atoms in total. The molecular formula is C9H15N3OS. The summed E-state index contributed by atoms with van der Waals surface area (Å²) >= 11 is 1.56. The van der Waals surface area contributed by atoms with Crippen LogP contribution in [0.2, 0.25) is 0 Å². The molecule has 0 spiro atoms. The molecule has 0 aromatic carbocycles. The zero-order valence-electron chi connectivity index (χ0n) is 8.49. The van der Waals surface area contributed by atoms with E-state index in [4.69, 9.17) is 0 Å². The van der Waals surface area contributed by atoms with Crippen molar-refractivity contribution in [3.63, 3.8) is 0 Å². The molecule has 0 fully saturated rings. The van der Waals surface area contributed by atoms with Gasteiger partial charge in [-0.2, -0.15) is 0 Å². The zero-order valence-corrected chi connectivity index (χ0v) is 9.30. The Morgan fingerprint density at radius 1 is 1.71 bits per heavy atom. The average molecular weight is 213 g/mol. The summed E-state index contributed by atoms with van der Waals surface area (Å²) in [5, 5.41) is 5.03. The van der Waals surface area contributed by atoms with Crippen LogP contribution in [0.15, 0.2) is 10.9 Å². The van der Waals surface area contributed by atoms with Gasteiger partial charge in [0.05, 0.1) is 17.7 Å². The Bertz CT molecular complexity index is 274. The summed E-state index contributed by atoms with van der Waals surface area (Å²) in [4.78, 5) is 17.1. The molecule has 1 aromatic heterocycles. The van der Waals surface area contributed by atoms with Crippen LogP contribution >= 0.6 is 11.3 Å². The van der Waals surface area contributed by atoms with Crippen LogP contribution in [-0.4, -0.2) is 35.9 Å². The molecule has 14 heavy (non-hydrogen) atoms. The third-order valence-corrected chi connectivity index (χ3v) is 2.60. The second-order valence-electron chi connectivity index (χ2n) is 2.99. The van der Waals surface area contributed by atoms with E-state index in [2.05, 4.69) is 10.3 Å². The molecule has 0 saturated carbocycles. The van der Waals surface area contributed by atoms with E-state index in [1.54, 1.807) is 28.8 Å². The van der Waals surface area contributed by atoms with Crippen molar-refractivity contribution in [1.29, 1.82) is 0 Å². The highest BCUT2D eigenvalue weighted by Crippen LogP contribution is 1.99. The number of nitrogens with one attached hydrogen (secondary N) is 1. The lowest BCUT2D eigenvalue weighted by Crippen LogP contribution is -2.35. The van der Waals surface area contributed by atoms with E-state index in [1.807, 2.05) is 12.3 Å².